The maximum Gasteiger partial charge on any atom is 0.154 e. The Morgan fingerprint density at radius 1 is 1.10 bits per heavy atom. The number of rotatable bonds is 7. The summed E-state index contributed by atoms with van der Waals surface area (Å²) < 4.78 is 0. The minimum absolute atomic E-state index is 0.0329. The van der Waals surface area contributed by atoms with Crippen LogP contribution in [0.25, 0.3) is 0 Å². The van der Waals surface area contributed by atoms with Crippen LogP contribution in [0.4, 0.5) is 0 Å². The topological polar surface area (TPSA) is 60.7 Å². The molecule has 0 aromatic rings. The fraction of sp³-hybridized carbons (Fsp3) is 0.778. The Morgan fingerprint density at radius 3 is 2.60 bits per heavy atom. The summed E-state index contributed by atoms with van der Waals surface area (Å²) in [6, 6.07) is 0. The molecule has 0 aromatic carbocycles. The first-order valence-electron chi connectivity index (χ1n) is 12.3. The van der Waals surface area contributed by atoms with Crippen LogP contribution in [0.15, 0.2) is 35.5 Å². The average molecular weight is 417 g/mol. The summed E-state index contributed by atoms with van der Waals surface area (Å²) in [4.78, 5) is 0. The third-order valence-corrected chi connectivity index (χ3v) is 8.74. The Kier molecular flexibility index (Phi) is 8.03. The summed E-state index contributed by atoms with van der Waals surface area (Å²) >= 11 is 0. The van der Waals surface area contributed by atoms with Crippen molar-refractivity contribution in [1.82, 2.24) is 0 Å². The SMILES string of the molecule is C=C1CC[C@H](O)C/C1=C\C=C1/CCC[C@]2(C)[C@@H]([C@H](C)CCCC(C)C(O)O)CC[C@@H]12. The van der Waals surface area contributed by atoms with Gasteiger partial charge in [-0.15, -0.1) is 0 Å². The largest absolute Gasteiger partial charge is 0.393 e. The van der Waals surface area contributed by atoms with Crippen molar-refractivity contribution >= 4 is 0 Å². The molecule has 30 heavy (non-hydrogen) atoms. The molecular weight excluding hydrogens is 372 g/mol. The van der Waals surface area contributed by atoms with Gasteiger partial charge in [0.1, 0.15) is 0 Å². The zero-order valence-electron chi connectivity index (χ0n) is 19.4. The minimum Gasteiger partial charge on any atom is -0.393 e. The molecule has 3 rings (SSSR count). The number of allylic oxidation sites excluding steroid dienone is 4. The van der Waals surface area contributed by atoms with Crippen molar-refractivity contribution < 1.29 is 15.3 Å². The summed E-state index contributed by atoms with van der Waals surface area (Å²) in [5.41, 5.74) is 4.47. The summed E-state index contributed by atoms with van der Waals surface area (Å²) in [5.74, 6) is 2.11. The second-order valence-electron chi connectivity index (χ2n) is 10.8. The molecule has 3 fully saturated rings. The van der Waals surface area contributed by atoms with Crippen molar-refractivity contribution in [2.75, 3.05) is 0 Å². The zero-order valence-corrected chi connectivity index (χ0v) is 19.4. The Bertz CT molecular complexity index is 661. The highest BCUT2D eigenvalue weighted by Gasteiger charge is 2.50. The van der Waals surface area contributed by atoms with E-state index in [2.05, 4.69) is 32.6 Å². The molecule has 0 bridgehead atoms. The standard InChI is InChI=1S/C27H44O3/c1-18-10-13-23(28)17-22(18)12-11-21-9-6-16-27(4)24(14-15-25(21)27)19(2)7-5-8-20(3)26(29)30/h11-12,19-20,23-26,28-30H,1,5-10,13-17H2,2-4H3/b21-11+,22-12+/t19-,20?,23+,24-,25+,27-/m1/s1. The van der Waals surface area contributed by atoms with Gasteiger partial charge in [0.2, 0.25) is 0 Å². The van der Waals surface area contributed by atoms with E-state index in [9.17, 15) is 15.3 Å². The molecule has 0 heterocycles. The maximum absolute atomic E-state index is 10.0. The molecule has 0 spiro atoms. The highest BCUT2D eigenvalue weighted by molar-refractivity contribution is 5.36. The van der Waals surface area contributed by atoms with E-state index < -0.39 is 6.29 Å². The fourth-order valence-electron chi connectivity index (χ4n) is 6.72. The number of hydrogen-bond acceptors (Lipinski definition) is 3. The second kappa shape index (κ2) is 10.1. The molecule has 3 aliphatic carbocycles. The third-order valence-electron chi connectivity index (χ3n) is 8.74. The van der Waals surface area contributed by atoms with Crippen LogP contribution < -0.4 is 0 Å². The Balaban J connectivity index is 1.65. The summed E-state index contributed by atoms with van der Waals surface area (Å²) in [6.07, 6.45) is 15.4. The van der Waals surface area contributed by atoms with Crippen LogP contribution in [0.1, 0.15) is 91.4 Å². The lowest BCUT2D eigenvalue weighted by atomic mass is 9.60. The van der Waals surface area contributed by atoms with E-state index in [1.165, 1.54) is 49.7 Å². The van der Waals surface area contributed by atoms with Gasteiger partial charge in [-0.05, 0) is 86.5 Å². The van der Waals surface area contributed by atoms with Gasteiger partial charge in [0.25, 0.3) is 0 Å². The van der Waals surface area contributed by atoms with Crippen molar-refractivity contribution in [3.8, 4) is 0 Å². The van der Waals surface area contributed by atoms with E-state index >= 15 is 0 Å². The van der Waals surface area contributed by atoms with Crippen LogP contribution in [0.3, 0.4) is 0 Å². The lowest BCUT2D eigenvalue weighted by molar-refractivity contribution is -0.0811. The lowest BCUT2D eigenvalue weighted by Crippen LogP contribution is -2.36. The van der Waals surface area contributed by atoms with Gasteiger partial charge in [-0.2, -0.15) is 0 Å². The van der Waals surface area contributed by atoms with E-state index in [1.807, 2.05) is 6.92 Å². The Labute approximate surface area is 184 Å². The second-order valence-corrected chi connectivity index (χ2v) is 10.8. The fourth-order valence-corrected chi connectivity index (χ4v) is 6.72. The van der Waals surface area contributed by atoms with Gasteiger partial charge in [0.15, 0.2) is 6.29 Å². The first-order chi connectivity index (χ1) is 14.2. The van der Waals surface area contributed by atoms with Gasteiger partial charge >= 0.3 is 0 Å². The van der Waals surface area contributed by atoms with Crippen LogP contribution >= 0.6 is 0 Å². The number of fused-ring (bicyclic) bond motifs is 1. The molecular formula is C27H44O3. The first-order valence-corrected chi connectivity index (χ1v) is 12.3. The molecule has 6 atom stereocenters. The minimum atomic E-state index is -1.18. The zero-order chi connectivity index (χ0) is 21.9. The van der Waals surface area contributed by atoms with E-state index in [0.717, 1.165) is 38.0 Å². The predicted molar refractivity (Wildman–Crippen MR) is 124 cm³/mol. The van der Waals surface area contributed by atoms with Gasteiger partial charge in [0, 0.05) is 5.92 Å². The molecule has 0 aromatic heterocycles. The normalized spacial score (nSPS) is 37.0. The molecule has 3 aliphatic rings. The number of aliphatic hydroxyl groups is 3. The van der Waals surface area contributed by atoms with E-state index in [0.29, 0.717) is 17.3 Å². The number of hydrogen-bond donors (Lipinski definition) is 3. The molecule has 3 nitrogen and oxygen atoms in total. The van der Waals surface area contributed by atoms with Crippen molar-refractivity contribution in [3.63, 3.8) is 0 Å². The molecule has 0 saturated heterocycles. The van der Waals surface area contributed by atoms with E-state index in [4.69, 9.17) is 0 Å². The Hall–Kier alpha value is -0.900. The molecule has 0 radical (unpaired) electrons. The predicted octanol–water partition coefficient (Wildman–Crippen LogP) is 5.91. The van der Waals surface area contributed by atoms with E-state index in [-0.39, 0.29) is 12.0 Å². The molecule has 3 heteroatoms. The molecule has 170 valence electrons. The summed E-state index contributed by atoms with van der Waals surface area (Å²) in [5, 5.41) is 28.7. The van der Waals surface area contributed by atoms with Gasteiger partial charge in [0.05, 0.1) is 6.10 Å². The average Bonchev–Trinajstić information content (AvgIpc) is 3.06. The highest BCUT2D eigenvalue weighted by Crippen LogP contribution is 2.60. The first kappa shape index (κ1) is 23.8. The van der Waals surface area contributed by atoms with Gasteiger partial charge in [-0.3, -0.25) is 0 Å². The van der Waals surface area contributed by atoms with E-state index in [1.54, 1.807) is 5.57 Å². The van der Waals surface area contributed by atoms with Crippen molar-refractivity contribution in [2.45, 2.75) is 104 Å². The van der Waals surface area contributed by atoms with Crippen LogP contribution in [-0.4, -0.2) is 27.7 Å². The van der Waals surface area contributed by atoms with Crippen LogP contribution in [0.2, 0.25) is 0 Å². The van der Waals surface area contributed by atoms with Crippen molar-refractivity contribution in [3.05, 3.63) is 35.5 Å². The lowest BCUT2D eigenvalue weighted by Gasteiger charge is -2.44. The van der Waals surface area contributed by atoms with Crippen molar-refractivity contribution in [1.29, 1.82) is 0 Å². The van der Waals surface area contributed by atoms with Crippen LogP contribution in [0.5, 0.6) is 0 Å². The highest BCUT2D eigenvalue weighted by atomic mass is 16.5. The monoisotopic (exact) mass is 416 g/mol. The van der Waals surface area contributed by atoms with Gasteiger partial charge in [-0.1, -0.05) is 63.5 Å². The van der Waals surface area contributed by atoms with Crippen LogP contribution in [0, 0.1) is 29.1 Å². The third kappa shape index (κ3) is 5.29. The quantitative estimate of drug-likeness (QED) is 0.452. The smallest absolute Gasteiger partial charge is 0.154 e. The summed E-state index contributed by atoms with van der Waals surface area (Å²) in [7, 11) is 0. The molecule has 0 amide bonds. The van der Waals surface area contributed by atoms with Gasteiger partial charge in [-0.25, -0.2) is 0 Å². The molecule has 3 N–H and O–H groups in total. The maximum atomic E-state index is 10.0. The summed E-state index contributed by atoms with van der Waals surface area (Å²) in [6.45, 7) is 11.1. The molecule has 0 aliphatic heterocycles. The molecule has 1 unspecified atom stereocenters. The Morgan fingerprint density at radius 2 is 1.87 bits per heavy atom. The number of aliphatic hydroxyl groups excluding tert-OH is 2. The van der Waals surface area contributed by atoms with Crippen LogP contribution in [-0.2, 0) is 0 Å². The van der Waals surface area contributed by atoms with Crippen molar-refractivity contribution in [2.24, 2.45) is 29.1 Å². The molecule has 3 saturated carbocycles. The van der Waals surface area contributed by atoms with Gasteiger partial charge < -0.3 is 15.3 Å².